The van der Waals surface area contributed by atoms with Crippen molar-refractivity contribution in [3.8, 4) is 9.88 Å². The van der Waals surface area contributed by atoms with Crippen LogP contribution in [-0.2, 0) is 4.74 Å². The molecule has 0 bridgehead atoms. The van der Waals surface area contributed by atoms with Crippen molar-refractivity contribution >= 4 is 28.6 Å². The molecule has 0 spiro atoms. The Labute approximate surface area is 130 Å². The zero-order valence-corrected chi connectivity index (χ0v) is 13.0. The molecule has 21 heavy (non-hydrogen) atoms. The molecular weight excluding hydrogens is 308 g/mol. The van der Waals surface area contributed by atoms with Gasteiger partial charge in [0.25, 0.3) is 5.91 Å². The lowest BCUT2D eigenvalue weighted by molar-refractivity contribution is -0.0605. The Morgan fingerprint density at radius 1 is 1.48 bits per heavy atom. The van der Waals surface area contributed by atoms with E-state index in [1.165, 1.54) is 11.3 Å². The first-order valence-electron chi connectivity index (χ1n) is 6.74. The van der Waals surface area contributed by atoms with Gasteiger partial charge in [-0.2, -0.15) is 0 Å². The van der Waals surface area contributed by atoms with Gasteiger partial charge < -0.3 is 15.2 Å². The van der Waals surface area contributed by atoms with Crippen molar-refractivity contribution in [2.45, 2.75) is 18.4 Å². The highest BCUT2D eigenvalue weighted by atomic mass is 32.1. The molecule has 7 heteroatoms. The molecule has 1 fully saturated rings. The standard InChI is InChI=1S/C14H16N2O3S2/c17-12(16-9-14(18)3-5-19-6-4-14)11-8-15-13(21-11)10-2-1-7-20-10/h1-2,7-8,18H,3-6,9H2,(H,16,17). The van der Waals surface area contributed by atoms with Crippen LogP contribution in [0, 0.1) is 0 Å². The van der Waals surface area contributed by atoms with Gasteiger partial charge in [-0.15, -0.1) is 22.7 Å². The van der Waals surface area contributed by atoms with E-state index in [4.69, 9.17) is 4.74 Å². The zero-order valence-electron chi connectivity index (χ0n) is 11.4. The predicted octanol–water partition coefficient (Wildman–Crippen LogP) is 2.14. The second kappa shape index (κ2) is 6.23. The largest absolute Gasteiger partial charge is 0.388 e. The number of amides is 1. The Morgan fingerprint density at radius 2 is 2.29 bits per heavy atom. The molecule has 2 N–H and O–H groups in total. The molecule has 1 saturated heterocycles. The third kappa shape index (κ3) is 3.49. The molecule has 0 saturated carbocycles. The van der Waals surface area contributed by atoms with Crippen molar-refractivity contribution < 1.29 is 14.6 Å². The number of thiophene rings is 1. The van der Waals surface area contributed by atoms with E-state index in [0.717, 1.165) is 9.88 Å². The molecule has 2 aromatic rings. The number of hydrogen-bond acceptors (Lipinski definition) is 6. The lowest BCUT2D eigenvalue weighted by Crippen LogP contribution is -2.46. The van der Waals surface area contributed by atoms with Crippen LogP contribution in [0.3, 0.4) is 0 Å². The average Bonchev–Trinajstić information content (AvgIpc) is 3.16. The van der Waals surface area contributed by atoms with E-state index in [1.807, 2.05) is 17.5 Å². The molecule has 112 valence electrons. The molecular formula is C14H16N2O3S2. The lowest BCUT2D eigenvalue weighted by atomic mass is 9.94. The topological polar surface area (TPSA) is 71.5 Å². The maximum Gasteiger partial charge on any atom is 0.263 e. The van der Waals surface area contributed by atoms with Crippen molar-refractivity contribution in [3.63, 3.8) is 0 Å². The number of rotatable bonds is 4. The van der Waals surface area contributed by atoms with E-state index in [0.29, 0.717) is 30.9 Å². The first kappa shape index (κ1) is 14.6. The summed E-state index contributed by atoms with van der Waals surface area (Å²) >= 11 is 2.96. The number of carbonyl (C=O) groups excluding carboxylic acids is 1. The highest BCUT2D eigenvalue weighted by Gasteiger charge is 2.30. The number of nitrogens with one attached hydrogen (secondary N) is 1. The van der Waals surface area contributed by atoms with Gasteiger partial charge >= 0.3 is 0 Å². The van der Waals surface area contributed by atoms with E-state index in [9.17, 15) is 9.90 Å². The molecule has 5 nitrogen and oxygen atoms in total. The molecule has 0 atom stereocenters. The van der Waals surface area contributed by atoms with E-state index < -0.39 is 5.60 Å². The van der Waals surface area contributed by atoms with Crippen LogP contribution < -0.4 is 5.32 Å². The van der Waals surface area contributed by atoms with Crippen molar-refractivity contribution in [3.05, 3.63) is 28.6 Å². The monoisotopic (exact) mass is 324 g/mol. The predicted molar refractivity (Wildman–Crippen MR) is 82.8 cm³/mol. The SMILES string of the molecule is O=C(NCC1(O)CCOCC1)c1cnc(-c2cccs2)s1. The van der Waals surface area contributed by atoms with Gasteiger partial charge in [0.2, 0.25) is 0 Å². The van der Waals surface area contributed by atoms with Gasteiger partial charge in [0, 0.05) is 32.6 Å². The van der Waals surface area contributed by atoms with E-state index in [1.54, 1.807) is 17.5 Å². The van der Waals surface area contributed by atoms with Crippen LogP contribution >= 0.6 is 22.7 Å². The van der Waals surface area contributed by atoms with Gasteiger partial charge in [-0.1, -0.05) is 6.07 Å². The number of aliphatic hydroxyl groups is 1. The fourth-order valence-electron chi connectivity index (χ4n) is 2.15. The summed E-state index contributed by atoms with van der Waals surface area (Å²) in [5.74, 6) is -0.185. The Balaban J connectivity index is 1.61. The fraction of sp³-hybridized carbons (Fsp3) is 0.429. The molecule has 0 radical (unpaired) electrons. The van der Waals surface area contributed by atoms with Gasteiger partial charge in [-0.3, -0.25) is 4.79 Å². The van der Waals surface area contributed by atoms with Crippen LogP contribution in [0.5, 0.6) is 0 Å². The molecule has 3 heterocycles. The Kier molecular flexibility index (Phi) is 4.34. The maximum atomic E-state index is 12.1. The van der Waals surface area contributed by atoms with Gasteiger partial charge in [-0.05, 0) is 11.4 Å². The molecule has 2 aromatic heterocycles. The third-order valence-corrected chi connectivity index (χ3v) is 5.50. The van der Waals surface area contributed by atoms with Crippen LogP contribution in [0.1, 0.15) is 22.5 Å². The maximum absolute atomic E-state index is 12.1. The van der Waals surface area contributed by atoms with Crippen LogP contribution in [0.15, 0.2) is 23.7 Å². The summed E-state index contributed by atoms with van der Waals surface area (Å²) in [6, 6.07) is 3.94. The Bertz CT molecular complexity index is 604. The molecule has 1 amide bonds. The summed E-state index contributed by atoms with van der Waals surface area (Å²) in [6.07, 6.45) is 2.69. The normalized spacial score (nSPS) is 17.6. The number of nitrogens with zero attached hydrogens (tertiary/aromatic N) is 1. The van der Waals surface area contributed by atoms with Crippen LogP contribution in [0.25, 0.3) is 9.88 Å². The van der Waals surface area contributed by atoms with Gasteiger partial charge in [-0.25, -0.2) is 4.98 Å². The zero-order chi connectivity index (χ0) is 14.7. The summed E-state index contributed by atoms with van der Waals surface area (Å²) < 4.78 is 5.22. The number of ether oxygens (including phenoxy) is 1. The minimum absolute atomic E-state index is 0.185. The average molecular weight is 324 g/mol. The summed E-state index contributed by atoms with van der Waals surface area (Å²) in [4.78, 5) is 18.0. The van der Waals surface area contributed by atoms with Crippen LogP contribution in [0.4, 0.5) is 0 Å². The van der Waals surface area contributed by atoms with Crippen molar-refractivity contribution in [1.82, 2.24) is 10.3 Å². The number of carbonyl (C=O) groups is 1. The molecule has 1 aliphatic heterocycles. The molecule has 0 aromatic carbocycles. The van der Waals surface area contributed by atoms with E-state index in [2.05, 4.69) is 10.3 Å². The second-order valence-corrected chi connectivity index (χ2v) is 7.00. The van der Waals surface area contributed by atoms with Crippen LogP contribution in [0.2, 0.25) is 0 Å². The lowest BCUT2D eigenvalue weighted by Gasteiger charge is -2.31. The molecule has 0 unspecified atom stereocenters. The molecule has 1 aliphatic rings. The minimum atomic E-state index is -0.852. The summed E-state index contributed by atoms with van der Waals surface area (Å²) in [7, 11) is 0. The summed E-state index contributed by atoms with van der Waals surface area (Å²) in [5.41, 5.74) is -0.852. The van der Waals surface area contributed by atoms with Crippen molar-refractivity contribution in [2.24, 2.45) is 0 Å². The molecule has 0 aliphatic carbocycles. The quantitative estimate of drug-likeness (QED) is 0.904. The first-order valence-corrected chi connectivity index (χ1v) is 8.44. The van der Waals surface area contributed by atoms with E-state index >= 15 is 0 Å². The van der Waals surface area contributed by atoms with E-state index in [-0.39, 0.29) is 12.5 Å². The van der Waals surface area contributed by atoms with Gasteiger partial charge in [0.15, 0.2) is 0 Å². The van der Waals surface area contributed by atoms with Crippen molar-refractivity contribution in [2.75, 3.05) is 19.8 Å². The fourth-order valence-corrected chi connectivity index (χ4v) is 3.79. The highest BCUT2D eigenvalue weighted by molar-refractivity contribution is 7.21. The number of aromatic nitrogens is 1. The summed E-state index contributed by atoms with van der Waals surface area (Å²) in [5, 5.41) is 15.9. The molecule has 3 rings (SSSR count). The van der Waals surface area contributed by atoms with Crippen LogP contribution in [-0.4, -0.2) is 41.4 Å². The van der Waals surface area contributed by atoms with Gasteiger partial charge in [0.05, 0.1) is 16.7 Å². The Morgan fingerprint density at radius 3 is 3.00 bits per heavy atom. The first-order chi connectivity index (χ1) is 10.2. The second-order valence-electron chi connectivity index (χ2n) is 5.03. The minimum Gasteiger partial charge on any atom is -0.388 e. The Hall–Kier alpha value is -1.28. The summed E-state index contributed by atoms with van der Waals surface area (Å²) in [6.45, 7) is 1.33. The van der Waals surface area contributed by atoms with Crippen molar-refractivity contribution in [1.29, 1.82) is 0 Å². The highest BCUT2D eigenvalue weighted by Crippen LogP contribution is 2.29. The van der Waals surface area contributed by atoms with Gasteiger partial charge in [0.1, 0.15) is 9.88 Å². The smallest absolute Gasteiger partial charge is 0.263 e. The third-order valence-electron chi connectivity index (χ3n) is 3.46. The number of thiazole rings is 1. The number of hydrogen-bond donors (Lipinski definition) is 2.